The summed E-state index contributed by atoms with van der Waals surface area (Å²) in [6, 6.07) is 0. The number of alkyl halides is 3. The molecular formula is C9H12F3N3O2. The average molecular weight is 251 g/mol. The van der Waals surface area contributed by atoms with Crippen molar-refractivity contribution in [3.8, 4) is 0 Å². The number of carbonyl (C=O) groups is 1. The molecule has 17 heavy (non-hydrogen) atoms. The average Bonchev–Trinajstić information content (AvgIpc) is 2.41. The Morgan fingerprint density at radius 3 is 2.47 bits per heavy atom. The van der Waals surface area contributed by atoms with Crippen LogP contribution in [0.2, 0.25) is 0 Å². The molecule has 0 saturated carbocycles. The van der Waals surface area contributed by atoms with Crippen LogP contribution in [0.5, 0.6) is 0 Å². The van der Waals surface area contributed by atoms with E-state index in [1.807, 2.05) is 0 Å². The molecule has 1 N–H and O–H groups in total. The molecule has 1 aromatic heterocycles. The zero-order chi connectivity index (χ0) is 13.2. The molecule has 0 aliphatic carbocycles. The number of hydrogen-bond acceptors (Lipinski definition) is 3. The van der Waals surface area contributed by atoms with Gasteiger partial charge >= 0.3 is 12.3 Å². The van der Waals surface area contributed by atoms with Gasteiger partial charge in [-0.2, -0.15) is 18.3 Å². The van der Waals surface area contributed by atoms with Gasteiger partial charge in [0.2, 0.25) is 0 Å². The summed E-state index contributed by atoms with van der Waals surface area (Å²) in [6.07, 6.45) is -5.68. The lowest BCUT2D eigenvalue weighted by Crippen LogP contribution is -2.23. The number of anilines is 1. The molecule has 0 aliphatic rings. The van der Waals surface area contributed by atoms with Crippen molar-refractivity contribution in [2.24, 2.45) is 7.05 Å². The number of amides is 1. The van der Waals surface area contributed by atoms with Crippen LogP contribution in [0, 0.1) is 13.8 Å². The molecule has 0 fully saturated rings. The maximum atomic E-state index is 11.8. The Bertz CT molecular complexity index is 426. The standard InChI is InChI=1S/C9H12F3N3O2/c1-5-7(6(2)15(3)14-5)13-8(16)17-4-9(10,11)12/h4H2,1-3H3,(H,13,16). The maximum Gasteiger partial charge on any atom is 0.422 e. The van der Waals surface area contributed by atoms with Crippen LogP contribution in [0.15, 0.2) is 0 Å². The van der Waals surface area contributed by atoms with Gasteiger partial charge in [0, 0.05) is 7.05 Å². The topological polar surface area (TPSA) is 56.2 Å². The molecule has 0 aliphatic heterocycles. The van der Waals surface area contributed by atoms with Crippen LogP contribution in [0.25, 0.3) is 0 Å². The molecule has 1 heterocycles. The van der Waals surface area contributed by atoms with E-state index in [9.17, 15) is 18.0 Å². The van der Waals surface area contributed by atoms with Gasteiger partial charge in [-0.3, -0.25) is 10.00 Å². The number of halogens is 3. The number of nitrogens with one attached hydrogen (secondary N) is 1. The predicted molar refractivity (Wildman–Crippen MR) is 53.7 cm³/mol. The number of ether oxygens (including phenoxy) is 1. The smallest absolute Gasteiger partial charge is 0.422 e. The fraction of sp³-hybridized carbons (Fsp3) is 0.556. The Labute approximate surface area is 95.5 Å². The zero-order valence-electron chi connectivity index (χ0n) is 9.55. The third-order valence-corrected chi connectivity index (χ3v) is 2.10. The van der Waals surface area contributed by atoms with Gasteiger partial charge in [-0.25, -0.2) is 4.79 Å². The molecule has 1 amide bonds. The highest BCUT2D eigenvalue weighted by Gasteiger charge is 2.29. The van der Waals surface area contributed by atoms with Crippen molar-refractivity contribution >= 4 is 11.8 Å². The maximum absolute atomic E-state index is 11.8. The molecule has 0 saturated heterocycles. The number of aryl methyl sites for hydroxylation is 2. The third kappa shape index (κ3) is 3.65. The second-order valence-corrected chi connectivity index (χ2v) is 3.49. The van der Waals surface area contributed by atoms with E-state index in [0.29, 0.717) is 17.1 Å². The van der Waals surface area contributed by atoms with Crippen molar-refractivity contribution in [1.82, 2.24) is 9.78 Å². The van der Waals surface area contributed by atoms with Gasteiger partial charge in [0.05, 0.1) is 17.1 Å². The van der Waals surface area contributed by atoms with Gasteiger partial charge in [-0.15, -0.1) is 0 Å². The van der Waals surface area contributed by atoms with E-state index in [-0.39, 0.29) is 0 Å². The lowest BCUT2D eigenvalue weighted by Gasteiger charge is -2.09. The molecule has 0 unspecified atom stereocenters. The minimum absolute atomic E-state index is 0.361. The van der Waals surface area contributed by atoms with Gasteiger partial charge in [0.1, 0.15) is 0 Å². The number of carbonyl (C=O) groups excluding carboxylic acids is 1. The van der Waals surface area contributed by atoms with E-state index in [1.165, 1.54) is 4.68 Å². The van der Waals surface area contributed by atoms with Crippen LogP contribution < -0.4 is 5.32 Å². The predicted octanol–water partition coefficient (Wildman–Crippen LogP) is 2.15. The number of aromatic nitrogens is 2. The minimum Gasteiger partial charge on any atom is -0.440 e. The molecular weight excluding hydrogens is 239 g/mol. The summed E-state index contributed by atoms with van der Waals surface area (Å²) >= 11 is 0. The van der Waals surface area contributed by atoms with E-state index in [4.69, 9.17) is 0 Å². The summed E-state index contributed by atoms with van der Waals surface area (Å²) in [6.45, 7) is 1.70. The summed E-state index contributed by atoms with van der Waals surface area (Å²) in [4.78, 5) is 11.1. The second-order valence-electron chi connectivity index (χ2n) is 3.49. The van der Waals surface area contributed by atoms with Crippen molar-refractivity contribution in [2.75, 3.05) is 11.9 Å². The number of nitrogens with zero attached hydrogens (tertiary/aromatic N) is 2. The summed E-state index contributed by atoms with van der Waals surface area (Å²) in [5.41, 5.74) is 1.50. The van der Waals surface area contributed by atoms with Crippen LogP contribution in [0.1, 0.15) is 11.4 Å². The van der Waals surface area contributed by atoms with Crippen LogP contribution in [0.3, 0.4) is 0 Å². The SMILES string of the molecule is Cc1nn(C)c(C)c1NC(=O)OCC(F)(F)F. The highest BCUT2D eigenvalue weighted by atomic mass is 19.4. The van der Waals surface area contributed by atoms with Gasteiger partial charge in [-0.05, 0) is 13.8 Å². The Hall–Kier alpha value is -1.73. The van der Waals surface area contributed by atoms with Crippen molar-refractivity contribution in [1.29, 1.82) is 0 Å². The zero-order valence-corrected chi connectivity index (χ0v) is 9.55. The first-order valence-corrected chi connectivity index (χ1v) is 4.71. The van der Waals surface area contributed by atoms with Crippen LogP contribution in [-0.4, -0.2) is 28.7 Å². The van der Waals surface area contributed by atoms with Crippen LogP contribution >= 0.6 is 0 Å². The number of rotatable bonds is 2. The Kier molecular flexibility index (Phi) is 3.64. The van der Waals surface area contributed by atoms with E-state index in [2.05, 4.69) is 15.2 Å². The largest absolute Gasteiger partial charge is 0.440 e. The quantitative estimate of drug-likeness (QED) is 0.876. The molecule has 0 spiro atoms. The van der Waals surface area contributed by atoms with Crippen LogP contribution in [-0.2, 0) is 11.8 Å². The third-order valence-electron chi connectivity index (χ3n) is 2.10. The van der Waals surface area contributed by atoms with Crippen LogP contribution in [0.4, 0.5) is 23.7 Å². The van der Waals surface area contributed by atoms with Crippen molar-refractivity contribution in [3.63, 3.8) is 0 Å². The first-order valence-electron chi connectivity index (χ1n) is 4.71. The first-order chi connectivity index (χ1) is 7.70. The molecule has 5 nitrogen and oxygen atoms in total. The Morgan fingerprint density at radius 2 is 2.06 bits per heavy atom. The molecule has 1 rings (SSSR count). The normalized spacial score (nSPS) is 11.4. The van der Waals surface area contributed by atoms with Crippen molar-refractivity contribution < 1.29 is 22.7 Å². The fourth-order valence-corrected chi connectivity index (χ4v) is 1.24. The molecule has 1 aromatic rings. The first kappa shape index (κ1) is 13.3. The van der Waals surface area contributed by atoms with Gasteiger partial charge in [0.15, 0.2) is 6.61 Å². The molecule has 96 valence electrons. The molecule has 0 aromatic carbocycles. The summed E-state index contributed by atoms with van der Waals surface area (Å²) < 4.78 is 40.9. The summed E-state index contributed by atoms with van der Waals surface area (Å²) in [7, 11) is 1.66. The summed E-state index contributed by atoms with van der Waals surface area (Å²) in [5, 5.41) is 6.22. The fourth-order valence-electron chi connectivity index (χ4n) is 1.24. The molecule has 0 bridgehead atoms. The molecule has 0 atom stereocenters. The van der Waals surface area contributed by atoms with E-state index >= 15 is 0 Å². The number of hydrogen-bond donors (Lipinski definition) is 1. The Morgan fingerprint density at radius 1 is 1.47 bits per heavy atom. The van der Waals surface area contributed by atoms with Gasteiger partial charge < -0.3 is 4.74 Å². The Balaban J connectivity index is 2.63. The minimum atomic E-state index is -4.53. The van der Waals surface area contributed by atoms with Crippen molar-refractivity contribution in [3.05, 3.63) is 11.4 Å². The van der Waals surface area contributed by atoms with E-state index in [1.54, 1.807) is 20.9 Å². The highest BCUT2D eigenvalue weighted by molar-refractivity contribution is 5.86. The second kappa shape index (κ2) is 4.64. The van der Waals surface area contributed by atoms with Crippen molar-refractivity contribution in [2.45, 2.75) is 20.0 Å². The van der Waals surface area contributed by atoms with Gasteiger partial charge in [0.25, 0.3) is 0 Å². The van der Waals surface area contributed by atoms with E-state index < -0.39 is 18.9 Å². The summed E-state index contributed by atoms with van der Waals surface area (Å²) in [5.74, 6) is 0. The highest BCUT2D eigenvalue weighted by Crippen LogP contribution is 2.19. The van der Waals surface area contributed by atoms with Gasteiger partial charge in [-0.1, -0.05) is 0 Å². The molecule has 0 radical (unpaired) electrons. The monoisotopic (exact) mass is 251 g/mol. The lowest BCUT2D eigenvalue weighted by atomic mass is 10.3. The molecule has 8 heteroatoms. The van der Waals surface area contributed by atoms with E-state index in [0.717, 1.165) is 0 Å². The lowest BCUT2D eigenvalue weighted by molar-refractivity contribution is -0.159.